The van der Waals surface area contributed by atoms with Crippen LogP contribution in [0, 0.1) is 5.41 Å². The highest BCUT2D eigenvalue weighted by molar-refractivity contribution is 7.54. The summed E-state index contributed by atoms with van der Waals surface area (Å²) in [5.74, 6) is 0. The van der Waals surface area contributed by atoms with Crippen molar-refractivity contribution >= 4 is 31.4 Å². The summed E-state index contributed by atoms with van der Waals surface area (Å²) in [6.45, 7) is 3.99. The van der Waals surface area contributed by atoms with E-state index in [1.807, 2.05) is 13.8 Å². The van der Waals surface area contributed by atoms with Crippen LogP contribution in [-0.2, 0) is 9.05 Å². The molecule has 0 saturated carbocycles. The molecule has 1 aliphatic heterocycles. The molecule has 2 rings (SSSR count). The fraction of sp³-hybridized carbons (Fsp3) is 0.455. The molecule has 18 heavy (non-hydrogen) atoms. The molecule has 0 spiro atoms. The van der Waals surface area contributed by atoms with Gasteiger partial charge in [-0.15, -0.1) is 4.52 Å². The van der Waals surface area contributed by atoms with E-state index in [4.69, 9.17) is 32.2 Å². The first-order chi connectivity index (χ1) is 8.21. The average molecular weight is 312 g/mol. The molecule has 1 aromatic rings. The Kier molecular flexibility index (Phi) is 3.92. The average Bonchev–Trinajstić information content (AvgIpc) is 2.23. The first-order valence-corrected chi connectivity index (χ1v) is 7.62. The van der Waals surface area contributed by atoms with Crippen molar-refractivity contribution in [2.75, 3.05) is 6.61 Å². The van der Waals surface area contributed by atoms with E-state index in [1.165, 1.54) is 0 Å². The van der Waals surface area contributed by atoms with Crippen LogP contribution in [0.25, 0.3) is 0 Å². The summed E-state index contributed by atoms with van der Waals surface area (Å²) in [4.78, 5) is 19.1. The fourth-order valence-electron chi connectivity index (χ4n) is 1.83. The Morgan fingerprint density at radius 3 is 2.61 bits per heavy atom. The van der Waals surface area contributed by atoms with Crippen LogP contribution in [0.5, 0.6) is 0 Å². The lowest BCUT2D eigenvalue weighted by molar-refractivity contribution is -0.0632. The lowest BCUT2D eigenvalue weighted by Crippen LogP contribution is -2.34. The van der Waals surface area contributed by atoms with Gasteiger partial charge in [0.25, 0.3) is 0 Å². The maximum atomic E-state index is 9.54. The molecule has 1 saturated heterocycles. The molecule has 1 atom stereocenters. The molecule has 0 aliphatic carbocycles. The van der Waals surface area contributed by atoms with Gasteiger partial charge in [-0.3, -0.25) is 0 Å². The first-order valence-electron chi connectivity index (χ1n) is 5.34. The highest BCUT2D eigenvalue weighted by atomic mass is 35.5. The third-order valence-corrected chi connectivity index (χ3v) is 4.32. The van der Waals surface area contributed by atoms with Crippen molar-refractivity contribution in [1.29, 1.82) is 0 Å². The third kappa shape index (κ3) is 2.97. The van der Waals surface area contributed by atoms with Crippen LogP contribution in [0.15, 0.2) is 18.2 Å². The van der Waals surface area contributed by atoms with Crippen molar-refractivity contribution in [3.8, 4) is 0 Å². The Morgan fingerprint density at radius 1 is 1.33 bits per heavy atom. The second-order valence-corrected chi connectivity index (χ2v) is 7.20. The summed E-state index contributed by atoms with van der Waals surface area (Å²) in [7, 11) is -3.76. The van der Waals surface area contributed by atoms with Gasteiger partial charge in [-0.1, -0.05) is 43.1 Å². The number of benzene rings is 1. The fourth-order valence-corrected chi connectivity index (χ4v) is 3.57. The van der Waals surface area contributed by atoms with Crippen LogP contribution in [-0.4, -0.2) is 16.4 Å². The molecule has 2 N–H and O–H groups in total. The zero-order chi connectivity index (χ0) is 13.6. The predicted octanol–water partition coefficient (Wildman–Crippen LogP) is 3.77. The predicted molar refractivity (Wildman–Crippen MR) is 71.4 cm³/mol. The first kappa shape index (κ1) is 14.5. The van der Waals surface area contributed by atoms with Gasteiger partial charge in [-0.2, -0.15) is 14.3 Å². The van der Waals surface area contributed by atoms with Gasteiger partial charge in [0.1, 0.15) is 12.7 Å². The molecule has 1 aliphatic rings. The summed E-state index contributed by atoms with van der Waals surface area (Å²) in [5, 5.41) is 0.949. The molecule has 7 heteroatoms. The second kappa shape index (κ2) is 4.88. The minimum atomic E-state index is -3.76. The minimum Gasteiger partial charge on any atom is -0.168 e. The summed E-state index contributed by atoms with van der Waals surface area (Å²) in [6, 6.07) is 5.01. The van der Waals surface area contributed by atoms with E-state index in [-0.39, 0.29) is 6.61 Å². The molecule has 1 unspecified atom stereocenters. The van der Waals surface area contributed by atoms with Gasteiger partial charge < -0.3 is 0 Å². The van der Waals surface area contributed by atoms with Crippen molar-refractivity contribution in [2.45, 2.75) is 20.0 Å². The maximum absolute atomic E-state index is 9.54. The molecule has 1 aromatic carbocycles. The van der Waals surface area contributed by atoms with Crippen molar-refractivity contribution in [3.63, 3.8) is 0 Å². The molecule has 0 radical (unpaired) electrons. The molecule has 1 fully saturated rings. The van der Waals surface area contributed by atoms with Crippen LogP contribution < -0.4 is 0 Å². The van der Waals surface area contributed by atoms with E-state index in [1.54, 1.807) is 18.2 Å². The quantitative estimate of drug-likeness (QED) is 0.775. The van der Waals surface area contributed by atoms with Gasteiger partial charge in [-0.25, -0.2) is 0 Å². The smallest absolute Gasteiger partial charge is 0.168 e. The lowest BCUT2D eigenvalue weighted by Gasteiger charge is -2.36. The van der Waals surface area contributed by atoms with E-state index in [0.29, 0.717) is 15.6 Å². The van der Waals surface area contributed by atoms with Gasteiger partial charge in [0.2, 0.25) is 0 Å². The Labute approximate surface area is 116 Å². The molecule has 100 valence electrons. The van der Waals surface area contributed by atoms with E-state index < -0.39 is 19.7 Å². The molecule has 0 bridgehead atoms. The summed E-state index contributed by atoms with van der Waals surface area (Å²) < 4.78 is 10.2. The zero-order valence-electron chi connectivity index (χ0n) is 9.93. The standard InChI is InChI=1S/C11H14Cl2O4P/c1-11(2)6-16-18(14,15)17-10(11)8-4-3-7(12)5-9(8)13/h3-5,10,14-15H,6H2,1-2H3/q+1. The number of hydrogen-bond donors (Lipinski definition) is 2. The van der Waals surface area contributed by atoms with Crippen molar-refractivity contribution in [2.24, 2.45) is 5.41 Å². The molecule has 0 aromatic heterocycles. The Balaban J connectivity index is 2.39. The zero-order valence-corrected chi connectivity index (χ0v) is 12.3. The topological polar surface area (TPSA) is 58.9 Å². The maximum Gasteiger partial charge on any atom is 0.570 e. The number of hydrogen-bond acceptors (Lipinski definition) is 4. The largest absolute Gasteiger partial charge is 0.570 e. The summed E-state index contributed by atoms with van der Waals surface area (Å²) >= 11 is 12.0. The van der Waals surface area contributed by atoms with Crippen LogP contribution >= 0.6 is 31.4 Å². The third-order valence-electron chi connectivity index (χ3n) is 2.80. The van der Waals surface area contributed by atoms with Gasteiger partial charge in [0.15, 0.2) is 0 Å². The molecule has 0 amide bonds. The van der Waals surface area contributed by atoms with Crippen LogP contribution in [0.1, 0.15) is 25.5 Å². The SMILES string of the molecule is CC1(C)CO[P+](O)(O)OC1c1ccc(Cl)cc1Cl. The minimum absolute atomic E-state index is 0.178. The van der Waals surface area contributed by atoms with Gasteiger partial charge in [0.05, 0.1) is 0 Å². The highest BCUT2D eigenvalue weighted by Crippen LogP contribution is 2.64. The summed E-state index contributed by atoms with van der Waals surface area (Å²) in [6.07, 6.45) is -0.556. The van der Waals surface area contributed by atoms with Gasteiger partial charge >= 0.3 is 8.17 Å². The monoisotopic (exact) mass is 311 g/mol. The van der Waals surface area contributed by atoms with Crippen molar-refractivity contribution < 1.29 is 18.8 Å². The van der Waals surface area contributed by atoms with Gasteiger partial charge in [-0.05, 0) is 12.1 Å². The van der Waals surface area contributed by atoms with Crippen LogP contribution in [0.3, 0.4) is 0 Å². The Morgan fingerprint density at radius 2 is 2.00 bits per heavy atom. The van der Waals surface area contributed by atoms with Crippen molar-refractivity contribution in [3.05, 3.63) is 33.8 Å². The Hall–Kier alpha value is 0.0700. The molecular weight excluding hydrogens is 298 g/mol. The van der Waals surface area contributed by atoms with E-state index in [0.717, 1.165) is 0 Å². The lowest BCUT2D eigenvalue weighted by atomic mass is 9.83. The van der Waals surface area contributed by atoms with E-state index in [9.17, 15) is 9.79 Å². The number of rotatable bonds is 1. The molecule has 1 heterocycles. The van der Waals surface area contributed by atoms with Crippen LogP contribution in [0.2, 0.25) is 10.0 Å². The Bertz CT molecular complexity index is 464. The van der Waals surface area contributed by atoms with Crippen LogP contribution in [0.4, 0.5) is 0 Å². The molecular formula is C11H14Cl2O4P+. The second-order valence-electron chi connectivity index (χ2n) is 4.90. The van der Waals surface area contributed by atoms with E-state index >= 15 is 0 Å². The van der Waals surface area contributed by atoms with E-state index in [2.05, 4.69) is 0 Å². The normalized spacial score (nSPS) is 26.0. The van der Waals surface area contributed by atoms with Gasteiger partial charge in [0, 0.05) is 21.0 Å². The number of halogens is 2. The summed E-state index contributed by atoms with van der Waals surface area (Å²) in [5.41, 5.74) is 0.244. The molecule has 4 nitrogen and oxygen atoms in total. The highest BCUT2D eigenvalue weighted by Gasteiger charge is 2.55. The van der Waals surface area contributed by atoms with Crippen molar-refractivity contribution in [1.82, 2.24) is 0 Å².